The van der Waals surface area contributed by atoms with Crippen molar-refractivity contribution >= 4 is 40.6 Å². The molecule has 0 aliphatic carbocycles. The van der Waals surface area contributed by atoms with Crippen LogP contribution in [-0.2, 0) is 14.3 Å². The quantitative estimate of drug-likeness (QED) is 0.453. The van der Waals surface area contributed by atoms with Crippen LogP contribution in [0.5, 0.6) is 0 Å². The van der Waals surface area contributed by atoms with Crippen molar-refractivity contribution in [3.8, 4) is 0 Å². The maximum atomic E-state index is 12.3. The van der Waals surface area contributed by atoms with E-state index >= 15 is 0 Å². The van der Waals surface area contributed by atoms with E-state index in [0.717, 1.165) is 23.7 Å². The van der Waals surface area contributed by atoms with Gasteiger partial charge in [-0.15, -0.1) is 0 Å². The Morgan fingerprint density at radius 2 is 2.07 bits per heavy atom. The fraction of sp³-hybridized carbons (Fsp3) is 0.368. The third kappa shape index (κ3) is 4.72. The number of rotatable bonds is 8. The zero-order valence-electron chi connectivity index (χ0n) is 15.9. The summed E-state index contributed by atoms with van der Waals surface area (Å²) in [5.41, 5.74) is 1.38. The Morgan fingerprint density at radius 3 is 2.82 bits per heavy atom. The maximum absolute atomic E-state index is 12.3. The van der Waals surface area contributed by atoms with Gasteiger partial charge in [-0.05, 0) is 32.4 Å². The van der Waals surface area contributed by atoms with E-state index in [2.05, 4.69) is 15.4 Å². The van der Waals surface area contributed by atoms with Crippen molar-refractivity contribution in [1.29, 1.82) is 0 Å². The van der Waals surface area contributed by atoms with Gasteiger partial charge in [0.25, 0.3) is 11.1 Å². The van der Waals surface area contributed by atoms with E-state index in [1.165, 1.54) is 6.92 Å². The van der Waals surface area contributed by atoms with Crippen molar-refractivity contribution in [2.75, 3.05) is 11.1 Å². The van der Waals surface area contributed by atoms with E-state index in [0.29, 0.717) is 16.6 Å². The van der Waals surface area contributed by atoms with Crippen molar-refractivity contribution in [2.45, 2.75) is 44.6 Å². The van der Waals surface area contributed by atoms with E-state index in [1.807, 2.05) is 32.0 Å². The number of nitrogens with one attached hydrogen (secondary N) is 1. The number of carbonyl (C=O) groups is 2. The number of benzene rings is 1. The van der Waals surface area contributed by atoms with Gasteiger partial charge in [0, 0.05) is 6.07 Å². The predicted octanol–water partition coefficient (Wildman–Crippen LogP) is 3.66. The van der Waals surface area contributed by atoms with Gasteiger partial charge in [0.1, 0.15) is 17.1 Å². The Morgan fingerprint density at radius 1 is 1.29 bits per heavy atom. The summed E-state index contributed by atoms with van der Waals surface area (Å²) in [6.07, 6.45) is 1.56. The van der Waals surface area contributed by atoms with Crippen LogP contribution in [0.4, 0.5) is 5.82 Å². The lowest BCUT2D eigenvalue weighted by molar-refractivity contribution is -0.150. The molecule has 2 atom stereocenters. The molecular formula is C19H22N4O4S. The second-order valence-corrected chi connectivity index (χ2v) is 7.20. The Kier molecular flexibility index (Phi) is 6.35. The monoisotopic (exact) mass is 402 g/mol. The highest BCUT2D eigenvalue weighted by molar-refractivity contribution is 7.99. The molecule has 0 aliphatic heterocycles. The molecule has 0 saturated carbocycles. The Balaban J connectivity index is 1.50. The van der Waals surface area contributed by atoms with Gasteiger partial charge in [-0.1, -0.05) is 30.8 Å². The number of fused-ring (bicyclic) bond motifs is 1. The van der Waals surface area contributed by atoms with Gasteiger partial charge in [0.05, 0.1) is 12.2 Å². The van der Waals surface area contributed by atoms with Gasteiger partial charge < -0.3 is 14.5 Å². The summed E-state index contributed by atoms with van der Waals surface area (Å²) >= 11 is 1.12. The highest BCUT2D eigenvalue weighted by Gasteiger charge is 2.20. The van der Waals surface area contributed by atoms with Gasteiger partial charge in [0.15, 0.2) is 11.7 Å². The Labute approximate surface area is 166 Å². The number of para-hydroxylation sites is 2. The second-order valence-electron chi connectivity index (χ2n) is 6.28. The number of amides is 1. The number of anilines is 1. The zero-order valence-corrected chi connectivity index (χ0v) is 16.7. The number of nitrogens with zero attached hydrogens (tertiary/aromatic N) is 3. The van der Waals surface area contributed by atoms with Crippen LogP contribution in [0.3, 0.4) is 0 Å². The molecule has 3 aromatic rings. The summed E-state index contributed by atoms with van der Waals surface area (Å²) in [4.78, 5) is 28.7. The molecule has 1 aromatic carbocycles. The third-order valence-electron chi connectivity index (χ3n) is 4.20. The van der Waals surface area contributed by atoms with Crippen LogP contribution in [0.15, 0.2) is 46.2 Å². The predicted molar refractivity (Wildman–Crippen MR) is 106 cm³/mol. The molecule has 2 aromatic heterocycles. The lowest BCUT2D eigenvalue weighted by atomic mass is 10.3. The van der Waals surface area contributed by atoms with Crippen molar-refractivity contribution in [2.24, 2.45) is 0 Å². The molecule has 0 bridgehead atoms. The average molecular weight is 402 g/mol. The van der Waals surface area contributed by atoms with Gasteiger partial charge in [0.2, 0.25) is 0 Å². The van der Waals surface area contributed by atoms with Gasteiger partial charge >= 0.3 is 5.97 Å². The normalized spacial score (nSPS) is 13.2. The largest absolute Gasteiger partial charge is 0.452 e. The molecule has 8 nitrogen and oxygen atoms in total. The Hall–Kier alpha value is -2.81. The van der Waals surface area contributed by atoms with E-state index in [9.17, 15) is 9.59 Å². The molecule has 0 spiro atoms. The minimum absolute atomic E-state index is 0.00472. The van der Waals surface area contributed by atoms with Gasteiger partial charge in [-0.3, -0.25) is 9.59 Å². The third-order valence-corrected chi connectivity index (χ3v) is 5.00. The first kappa shape index (κ1) is 19.9. The number of hydrogen-bond acceptors (Lipinski definition) is 7. The highest BCUT2D eigenvalue weighted by atomic mass is 32.2. The second kappa shape index (κ2) is 8.92. The number of aromatic nitrogens is 3. The molecule has 0 aliphatic rings. The number of oxazole rings is 1. The summed E-state index contributed by atoms with van der Waals surface area (Å²) < 4.78 is 12.5. The zero-order chi connectivity index (χ0) is 20.1. The Bertz CT molecular complexity index is 935. The fourth-order valence-electron chi connectivity index (χ4n) is 2.48. The summed E-state index contributed by atoms with van der Waals surface area (Å²) in [6, 6.07) is 9.21. The summed E-state index contributed by atoms with van der Waals surface area (Å²) in [6.45, 7) is 5.58. The molecule has 0 radical (unpaired) electrons. The molecular weight excluding hydrogens is 380 g/mol. The lowest BCUT2D eigenvalue weighted by Gasteiger charge is -2.16. The number of ether oxygens (including phenoxy) is 1. The van der Waals surface area contributed by atoms with Gasteiger partial charge in [-0.25, -0.2) is 9.67 Å². The highest BCUT2D eigenvalue weighted by Crippen LogP contribution is 2.23. The molecule has 1 amide bonds. The number of carbonyl (C=O) groups excluding carboxylic acids is 2. The molecule has 2 heterocycles. The lowest BCUT2D eigenvalue weighted by Crippen LogP contribution is -2.31. The SMILES string of the molecule is CC[C@@H](C)n1nccc1NC(=O)[C@@H](C)OC(=O)CSc1nc2ccccc2o1. The average Bonchev–Trinajstić information content (AvgIpc) is 3.32. The van der Waals surface area contributed by atoms with Crippen LogP contribution < -0.4 is 5.32 Å². The molecule has 9 heteroatoms. The van der Waals surface area contributed by atoms with E-state index in [-0.39, 0.29) is 11.8 Å². The van der Waals surface area contributed by atoms with Crippen LogP contribution in [0.1, 0.15) is 33.2 Å². The van der Waals surface area contributed by atoms with Crippen molar-refractivity contribution < 1.29 is 18.7 Å². The van der Waals surface area contributed by atoms with E-state index in [4.69, 9.17) is 9.15 Å². The van der Waals surface area contributed by atoms with Crippen molar-refractivity contribution in [3.05, 3.63) is 36.5 Å². The van der Waals surface area contributed by atoms with Crippen LogP contribution in [0.2, 0.25) is 0 Å². The van der Waals surface area contributed by atoms with Crippen molar-refractivity contribution in [1.82, 2.24) is 14.8 Å². The first-order valence-electron chi connectivity index (χ1n) is 9.00. The van der Waals surface area contributed by atoms with Crippen LogP contribution >= 0.6 is 11.8 Å². The molecule has 148 valence electrons. The molecule has 0 saturated heterocycles. The minimum Gasteiger partial charge on any atom is -0.452 e. The summed E-state index contributed by atoms with van der Waals surface area (Å²) in [5.74, 6) is -0.367. The summed E-state index contributed by atoms with van der Waals surface area (Å²) in [7, 11) is 0. The van der Waals surface area contributed by atoms with E-state index in [1.54, 1.807) is 23.0 Å². The first-order chi connectivity index (χ1) is 13.5. The van der Waals surface area contributed by atoms with Crippen LogP contribution in [0.25, 0.3) is 11.1 Å². The molecule has 28 heavy (non-hydrogen) atoms. The van der Waals surface area contributed by atoms with Crippen molar-refractivity contribution in [3.63, 3.8) is 0 Å². The molecule has 1 N–H and O–H groups in total. The number of hydrogen-bond donors (Lipinski definition) is 1. The molecule has 3 rings (SSSR count). The topological polar surface area (TPSA) is 99.2 Å². The maximum Gasteiger partial charge on any atom is 0.317 e. The van der Waals surface area contributed by atoms with Crippen LogP contribution in [0, 0.1) is 0 Å². The standard InChI is InChI=1S/C19H22N4O4S/c1-4-12(2)23-16(9-10-20-23)22-18(25)13(3)26-17(24)11-28-19-21-14-7-5-6-8-15(14)27-19/h5-10,12-13H,4,11H2,1-3H3,(H,22,25)/t12-,13-/m1/s1. The summed E-state index contributed by atoms with van der Waals surface area (Å²) in [5, 5.41) is 7.35. The smallest absolute Gasteiger partial charge is 0.317 e. The molecule has 0 unspecified atom stereocenters. The first-order valence-corrected chi connectivity index (χ1v) is 9.98. The van der Waals surface area contributed by atoms with E-state index < -0.39 is 18.0 Å². The van der Waals surface area contributed by atoms with Crippen LogP contribution in [-0.4, -0.2) is 38.5 Å². The minimum atomic E-state index is -0.933. The van der Waals surface area contributed by atoms with Gasteiger partial charge in [-0.2, -0.15) is 5.10 Å². The fourth-order valence-corrected chi connectivity index (χ4v) is 3.10. The molecule has 0 fully saturated rings. The number of thioether (sulfide) groups is 1. The number of esters is 1.